The van der Waals surface area contributed by atoms with Crippen LogP contribution >= 0.6 is 0 Å². The Balaban J connectivity index is 1.66. The minimum absolute atomic E-state index is 0.294. The molecule has 7 heteroatoms. The van der Waals surface area contributed by atoms with E-state index in [1.54, 1.807) is 13.3 Å². The number of carbonyl (C=O) groups excluding carboxylic acids is 1. The van der Waals surface area contributed by atoms with Gasteiger partial charge in [0.15, 0.2) is 0 Å². The molecule has 0 unspecified atom stereocenters. The van der Waals surface area contributed by atoms with Gasteiger partial charge in [-0.15, -0.1) is 10.2 Å². The Kier molecular flexibility index (Phi) is 3.18. The molecular formula is C16H15N5O2. The van der Waals surface area contributed by atoms with Crippen molar-refractivity contribution in [2.75, 3.05) is 5.32 Å². The number of nitrogens with one attached hydrogen (secondary N) is 1. The van der Waals surface area contributed by atoms with E-state index in [0.29, 0.717) is 29.0 Å². The van der Waals surface area contributed by atoms with Gasteiger partial charge >= 0.3 is 0 Å². The molecule has 7 nitrogen and oxygen atoms in total. The summed E-state index contributed by atoms with van der Waals surface area (Å²) in [5, 5.41) is 14.7. The third kappa shape index (κ3) is 2.50. The van der Waals surface area contributed by atoms with E-state index in [-0.39, 0.29) is 5.91 Å². The summed E-state index contributed by atoms with van der Waals surface area (Å²) in [5.74, 6) is 0.633. The fourth-order valence-electron chi connectivity index (χ4n) is 2.55. The van der Waals surface area contributed by atoms with Crippen molar-refractivity contribution in [3.63, 3.8) is 0 Å². The standard InChI is InChI=1S/C16H15N5O2/c1-10-13(14(20-23-10)11-5-3-2-4-6-11)15(22)18-16-19-17-9-21(16)12-7-8-12/h2-6,9,12H,7-8H2,1H3,(H,18,19,22). The van der Waals surface area contributed by atoms with Gasteiger partial charge < -0.3 is 4.52 Å². The Hall–Kier alpha value is -2.96. The van der Waals surface area contributed by atoms with Crippen LogP contribution < -0.4 is 5.32 Å². The fraction of sp³-hybridized carbons (Fsp3) is 0.250. The topological polar surface area (TPSA) is 85.8 Å². The van der Waals surface area contributed by atoms with E-state index in [0.717, 1.165) is 18.4 Å². The van der Waals surface area contributed by atoms with Crippen LogP contribution in [0.2, 0.25) is 0 Å². The van der Waals surface area contributed by atoms with Crippen molar-refractivity contribution in [3.8, 4) is 11.3 Å². The molecule has 2 aromatic heterocycles. The molecule has 0 atom stereocenters. The van der Waals surface area contributed by atoms with Crippen LogP contribution in [0.3, 0.4) is 0 Å². The number of hydrogen-bond donors (Lipinski definition) is 1. The smallest absolute Gasteiger partial charge is 0.263 e. The van der Waals surface area contributed by atoms with Gasteiger partial charge in [0, 0.05) is 11.6 Å². The minimum Gasteiger partial charge on any atom is -0.360 e. The molecule has 2 heterocycles. The minimum atomic E-state index is -0.294. The van der Waals surface area contributed by atoms with Crippen LogP contribution in [-0.4, -0.2) is 25.8 Å². The summed E-state index contributed by atoms with van der Waals surface area (Å²) in [5.41, 5.74) is 1.78. The molecule has 1 saturated carbocycles. The number of amides is 1. The number of anilines is 1. The van der Waals surface area contributed by atoms with Crippen LogP contribution in [0, 0.1) is 6.92 Å². The Morgan fingerprint density at radius 1 is 1.30 bits per heavy atom. The zero-order chi connectivity index (χ0) is 15.8. The highest BCUT2D eigenvalue weighted by Crippen LogP contribution is 2.36. The van der Waals surface area contributed by atoms with Crippen molar-refractivity contribution in [1.82, 2.24) is 19.9 Å². The SMILES string of the molecule is Cc1onc(-c2ccccc2)c1C(=O)Nc1nncn1C1CC1. The zero-order valence-electron chi connectivity index (χ0n) is 12.6. The van der Waals surface area contributed by atoms with Crippen molar-refractivity contribution < 1.29 is 9.32 Å². The summed E-state index contributed by atoms with van der Waals surface area (Å²) in [6.45, 7) is 1.72. The van der Waals surface area contributed by atoms with E-state index in [2.05, 4.69) is 20.7 Å². The lowest BCUT2D eigenvalue weighted by molar-refractivity contribution is 0.102. The average molecular weight is 309 g/mol. The lowest BCUT2D eigenvalue weighted by Gasteiger charge is -2.07. The molecule has 0 bridgehead atoms. The van der Waals surface area contributed by atoms with Crippen LogP contribution in [0.4, 0.5) is 5.95 Å². The van der Waals surface area contributed by atoms with Crippen molar-refractivity contribution >= 4 is 11.9 Å². The molecule has 4 rings (SSSR count). The number of benzene rings is 1. The lowest BCUT2D eigenvalue weighted by atomic mass is 10.1. The van der Waals surface area contributed by atoms with Crippen molar-refractivity contribution in [1.29, 1.82) is 0 Å². The lowest BCUT2D eigenvalue weighted by Crippen LogP contribution is -2.16. The average Bonchev–Trinajstić information content (AvgIpc) is 3.18. The third-order valence-electron chi connectivity index (χ3n) is 3.88. The van der Waals surface area contributed by atoms with Crippen molar-refractivity contribution in [2.45, 2.75) is 25.8 Å². The maximum Gasteiger partial charge on any atom is 0.263 e. The maximum absolute atomic E-state index is 12.7. The molecule has 1 fully saturated rings. The summed E-state index contributed by atoms with van der Waals surface area (Å²) < 4.78 is 7.12. The molecule has 3 aromatic rings. The summed E-state index contributed by atoms with van der Waals surface area (Å²) >= 11 is 0. The van der Waals surface area contributed by atoms with Gasteiger partial charge in [-0.05, 0) is 19.8 Å². The summed E-state index contributed by atoms with van der Waals surface area (Å²) in [4.78, 5) is 12.7. The van der Waals surface area contributed by atoms with Gasteiger partial charge in [0.05, 0.1) is 0 Å². The van der Waals surface area contributed by atoms with Gasteiger partial charge in [0.1, 0.15) is 23.3 Å². The first-order valence-electron chi connectivity index (χ1n) is 7.46. The second-order valence-electron chi connectivity index (χ2n) is 5.58. The van der Waals surface area contributed by atoms with E-state index < -0.39 is 0 Å². The van der Waals surface area contributed by atoms with Gasteiger partial charge in [-0.25, -0.2) is 0 Å². The highest BCUT2D eigenvalue weighted by Gasteiger charge is 2.28. The van der Waals surface area contributed by atoms with E-state index in [1.165, 1.54) is 0 Å². The monoisotopic (exact) mass is 309 g/mol. The molecule has 0 aliphatic heterocycles. The van der Waals surface area contributed by atoms with E-state index in [4.69, 9.17) is 4.52 Å². The normalized spacial score (nSPS) is 14.0. The summed E-state index contributed by atoms with van der Waals surface area (Å²) in [6.07, 6.45) is 3.82. The predicted molar refractivity (Wildman–Crippen MR) is 82.9 cm³/mol. The molecule has 1 amide bonds. The second kappa shape index (κ2) is 5.35. The quantitative estimate of drug-likeness (QED) is 0.801. The summed E-state index contributed by atoms with van der Waals surface area (Å²) in [6, 6.07) is 9.86. The molecule has 23 heavy (non-hydrogen) atoms. The van der Waals surface area contributed by atoms with Gasteiger partial charge in [0.2, 0.25) is 5.95 Å². The highest BCUT2D eigenvalue weighted by atomic mass is 16.5. The Morgan fingerprint density at radius 3 is 2.83 bits per heavy atom. The molecule has 0 spiro atoms. The van der Waals surface area contributed by atoms with Crippen LogP contribution in [0.25, 0.3) is 11.3 Å². The zero-order valence-corrected chi connectivity index (χ0v) is 12.6. The number of nitrogens with zero attached hydrogens (tertiary/aromatic N) is 4. The maximum atomic E-state index is 12.7. The van der Waals surface area contributed by atoms with Crippen LogP contribution in [0.5, 0.6) is 0 Å². The highest BCUT2D eigenvalue weighted by molar-refractivity contribution is 6.08. The molecule has 1 aromatic carbocycles. The molecule has 0 radical (unpaired) electrons. The van der Waals surface area contributed by atoms with Crippen molar-refractivity contribution in [2.24, 2.45) is 0 Å². The van der Waals surface area contributed by atoms with Crippen LogP contribution in [0.15, 0.2) is 41.2 Å². The molecule has 1 aliphatic rings. The molecule has 1 N–H and O–H groups in total. The molecular weight excluding hydrogens is 294 g/mol. The van der Waals surface area contributed by atoms with E-state index in [9.17, 15) is 4.79 Å². The van der Waals surface area contributed by atoms with Gasteiger partial charge in [-0.1, -0.05) is 35.5 Å². The summed E-state index contributed by atoms with van der Waals surface area (Å²) in [7, 11) is 0. The molecule has 1 aliphatic carbocycles. The number of aryl methyl sites for hydroxylation is 1. The Morgan fingerprint density at radius 2 is 2.09 bits per heavy atom. The predicted octanol–water partition coefficient (Wildman–Crippen LogP) is 2.83. The number of aromatic nitrogens is 4. The van der Waals surface area contributed by atoms with Crippen LogP contribution in [-0.2, 0) is 0 Å². The first-order chi connectivity index (χ1) is 11.2. The van der Waals surface area contributed by atoms with Gasteiger partial charge in [0.25, 0.3) is 5.91 Å². The Labute approximate surface area is 132 Å². The number of rotatable bonds is 4. The fourth-order valence-corrected chi connectivity index (χ4v) is 2.55. The van der Waals surface area contributed by atoms with E-state index >= 15 is 0 Å². The van der Waals surface area contributed by atoms with E-state index in [1.807, 2.05) is 34.9 Å². The first-order valence-corrected chi connectivity index (χ1v) is 7.46. The van der Waals surface area contributed by atoms with Gasteiger partial charge in [-0.3, -0.25) is 14.7 Å². The largest absolute Gasteiger partial charge is 0.360 e. The molecule has 0 saturated heterocycles. The van der Waals surface area contributed by atoms with Crippen molar-refractivity contribution in [3.05, 3.63) is 48.0 Å². The second-order valence-corrected chi connectivity index (χ2v) is 5.58. The first kappa shape index (κ1) is 13.7. The van der Waals surface area contributed by atoms with Gasteiger partial charge in [-0.2, -0.15) is 0 Å². The number of carbonyl (C=O) groups is 1. The molecule has 116 valence electrons. The third-order valence-corrected chi connectivity index (χ3v) is 3.88. The number of hydrogen-bond acceptors (Lipinski definition) is 5. The van der Waals surface area contributed by atoms with Crippen LogP contribution in [0.1, 0.15) is 35.0 Å². The Bertz CT molecular complexity index is 848.